The first kappa shape index (κ1) is 20.8. The minimum absolute atomic E-state index is 0.690. The summed E-state index contributed by atoms with van der Waals surface area (Å²) in [5.41, 5.74) is 3.79. The van der Waals surface area contributed by atoms with Crippen molar-refractivity contribution >= 4 is 17.3 Å². The maximum Gasteiger partial charge on any atom is 0.191 e. The lowest BCUT2D eigenvalue weighted by Crippen LogP contribution is -2.38. The predicted molar refractivity (Wildman–Crippen MR) is 119 cm³/mol. The van der Waals surface area contributed by atoms with Crippen LogP contribution in [0.1, 0.15) is 48.0 Å². The van der Waals surface area contributed by atoms with Crippen molar-refractivity contribution in [2.45, 2.75) is 52.6 Å². The molecule has 28 heavy (non-hydrogen) atoms. The number of nitrogens with zero attached hydrogens (tertiary/aromatic N) is 3. The second-order valence-electron chi connectivity index (χ2n) is 7.38. The molecule has 0 radical (unpaired) electrons. The minimum atomic E-state index is 0.690. The number of aromatic nitrogens is 1. The van der Waals surface area contributed by atoms with Crippen LogP contribution in [0.4, 0.5) is 0 Å². The average molecular weight is 400 g/mol. The third-order valence-electron chi connectivity index (χ3n) is 4.98. The summed E-state index contributed by atoms with van der Waals surface area (Å²) < 4.78 is 0. The lowest BCUT2D eigenvalue weighted by molar-refractivity contribution is 0.221. The van der Waals surface area contributed by atoms with Gasteiger partial charge < -0.3 is 10.6 Å². The quantitative estimate of drug-likeness (QED) is 0.524. The van der Waals surface area contributed by atoms with E-state index in [4.69, 9.17) is 4.99 Å². The predicted octanol–water partition coefficient (Wildman–Crippen LogP) is 3.74. The van der Waals surface area contributed by atoms with Gasteiger partial charge in [0.1, 0.15) is 0 Å². The van der Waals surface area contributed by atoms with Crippen molar-refractivity contribution in [2.24, 2.45) is 4.99 Å². The fourth-order valence-corrected chi connectivity index (χ4v) is 4.12. The largest absolute Gasteiger partial charge is 0.357 e. The molecule has 0 aliphatic carbocycles. The molecular weight excluding hydrogens is 366 g/mol. The fraction of sp³-hybridized carbons (Fsp3) is 0.545. The number of hydrogen-bond acceptors (Lipinski definition) is 4. The molecule has 1 aliphatic heterocycles. The Balaban J connectivity index is 1.47. The molecule has 0 saturated carbocycles. The number of hydrogen-bond donors (Lipinski definition) is 2. The number of thiazole rings is 1. The normalized spacial score (nSPS) is 15.6. The molecule has 1 saturated heterocycles. The molecule has 1 fully saturated rings. The first-order chi connectivity index (χ1) is 13.7. The van der Waals surface area contributed by atoms with Crippen molar-refractivity contribution in [1.82, 2.24) is 20.5 Å². The minimum Gasteiger partial charge on any atom is -0.357 e. The van der Waals surface area contributed by atoms with Crippen molar-refractivity contribution in [3.63, 3.8) is 0 Å². The zero-order valence-electron chi connectivity index (χ0n) is 17.2. The van der Waals surface area contributed by atoms with Gasteiger partial charge in [-0.05, 0) is 50.9 Å². The number of benzene rings is 1. The maximum atomic E-state index is 4.73. The molecule has 0 unspecified atom stereocenters. The maximum absolute atomic E-state index is 4.73. The number of rotatable bonds is 8. The zero-order chi connectivity index (χ0) is 19.6. The Kier molecular flexibility index (Phi) is 8.30. The number of guanidine groups is 1. The highest BCUT2D eigenvalue weighted by molar-refractivity contribution is 7.09. The summed E-state index contributed by atoms with van der Waals surface area (Å²) in [6.07, 6.45) is 4.99. The van der Waals surface area contributed by atoms with Crippen molar-refractivity contribution < 1.29 is 0 Å². The summed E-state index contributed by atoms with van der Waals surface area (Å²) in [5, 5.41) is 9.99. The highest BCUT2D eigenvalue weighted by Crippen LogP contribution is 2.14. The van der Waals surface area contributed by atoms with E-state index in [0.29, 0.717) is 6.54 Å². The Hall–Kier alpha value is -1.92. The summed E-state index contributed by atoms with van der Waals surface area (Å²) in [5.74, 6) is 0.867. The number of piperidine rings is 1. The standard InChI is InChI=1S/C22H33N5S/c1-3-23-22(24-12-11-21-17-28-18(2)26-21)25-15-19-7-9-20(10-8-19)16-27-13-5-4-6-14-27/h7-10,17H,3-6,11-16H2,1-2H3,(H2,23,24,25). The van der Waals surface area contributed by atoms with Crippen LogP contribution in [-0.4, -0.2) is 42.0 Å². The van der Waals surface area contributed by atoms with Gasteiger partial charge in [-0.15, -0.1) is 11.3 Å². The average Bonchev–Trinajstić information content (AvgIpc) is 3.13. The van der Waals surface area contributed by atoms with Crippen LogP contribution >= 0.6 is 11.3 Å². The smallest absolute Gasteiger partial charge is 0.191 e. The first-order valence-electron chi connectivity index (χ1n) is 10.5. The molecule has 0 spiro atoms. The van der Waals surface area contributed by atoms with E-state index < -0.39 is 0 Å². The fourth-order valence-electron chi connectivity index (χ4n) is 3.47. The second-order valence-corrected chi connectivity index (χ2v) is 8.45. The van der Waals surface area contributed by atoms with Crippen LogP contribution in [0.3, 0.4) is 0 Å². The molecule has 3 rings (SSSR count). The lowest BCUT2D eigenvalue weighted by atomic mass is 10.1. The van der Waals surface area contributed by atoms with Crippen molar-refractivity contribution in [3.05, 3.63) is 51.5 Å². The monoisotopic (exact) mass is 399 g/mol. The lowest BCUT2D eigenvalue weighted by Gasteiger charge is -2.26. The number of likely N-dealkylation sites (tertiary alicyclic amines) is 1. The van der Waals surface area contributed by atoms with E-state index >= 15 is 0 Å². The van der Waals surface area contributed by atoms with Crippen LogP contribution in [0.25, 0.3) is 0 Å². The van der Waals surface area contributed by atoms with E-state index in [0.717, 1.165) is 42.7 Å². The summed E-state index contributed by atoms with van der Waals surface area (Å²) in [4.78, 5) is 11.8. The van der Waals surface area contributed by atoms with E-state index in [1.165, 1.54) is 43.5 Å². The van der Waals surface area contributed by atoms with Crippen molar-refractivity contribution in [3.8, 4) is 0 Å². The first-order valence-corrected chi connectivity index (χ1v) is 11.3. The van der Waals surface area contributed by atoms with E-state index in [9.17, 15) is 0 Å². The highest BCUT2D eigenvalue weighted by atomic mass is 32.1. The molecule has 152 valence electrons. The van der Waals surface area contributed by atoms with Crippen molar-refractivity contribution in [2.75, 3.05) is 26.2 Å². The third kappa shape index (κ3) is 6.91. The molecule has 0 amide bonds. The molecule has 1 aromatic heterocycles. The van der Waals surface area contributed by atoms with E-state index in [1.54, 1.807) is 11.3 Å². The van der Waals surface area contributed by atoms with Crippen LogP contribution in [0.2, 0.25) is 0 Å². The van der Waals surface area contributed by atoms with E-state index in [1.807, 2.05) is 6.92 Å². The molecule has 0 bridgehead atoms. The number of nitrogens with one attached hydrogen (secondary N) is 2. The van der Waals surface area contributed by atoms with Gasteiger partial charge in [0, 0.05) is 31.4 Å². The Labute approximate surface area is 173 Å². The van der Waals surface area contributed by atoms with Gasteiger partial charge in [0.2, 0.25) is 0 Å². The van der Waals surface area contributed by atoms with Crippen LogP contribution in [0, 0.1) is 6.92 Å². The molecule has 2 aromatic rings. The number of aliphatic imine (C=N–C) groups is 1. The topological polar surface area (TPSA) is 52.6 Å². The van der Waals surface area contributed by atoms with Gasteiger partial charge in [0.25, 0.3) is 0 Å². The molecule has 2 heterocycles. The molecule has 1 aliphatic rings. The van der Waals surface area contributed by atoms with Crippen LogP contribution in [-0.2, 0) is 19.5 Å². The van der Waals surface area contributed by atoms with Gasteiger partial charge in [-0.3, -0.25) is 4.90 Å². The van der Waals surface area contributed by atoms with Crippen molar-refractivity contribution in [1.29, 1.82) is 0 Å². The zero-order valence-corrected chi connectivity index (χ0v) is 18.0. The molecular formula is C22H33N5S. The summed E-state index contributed by atoms with van der Waals surface area (Å²) in [6.45, 7) is 10.1. The third-order valence-corrected chi connectivity index (χ3v) is 5.80. The van der Waals surface area contributed by atoms with Crippen LogP contribution in [0.5, 0.6) is 0 Å². The Morgan fingerprint density at radius 3 is 2.54 bits per heavy atom. The van der Waals surface area contributed by atoms with E-state index in [2.05, 4.69) is 57.1 Å². The van der Waals surface area contributed by atoms with Crippen LogP contribution < -0.4 is 10.6 Å². The van der Waals surface area contributed by atoms with Gasteiger partial charge >= 0.3 is 0 Å². The van der Waals surface area contributed by atoms with Crippen LogP contribution in [0.15, 0.2) is 34.6 Å². The van der Waals surface area contributed by atoms with Gasteiger partial charge in [-0.2, -0.15) is 0 Å². The summed E-state index contributed by atoms with van der Waals surface area (Å²) >= 11 is 1.71. The van der Waals surface area contributed by atoms with Gasteiger partial charge in [-0.25, -0.2) is 9.98 Å². The Morgan fingerprint density at radius 1 is 1.11 bits per heavy atom. The molecule has 2 N–H and O–H groups in total. The van der Waals surface area contributed by atoms with Gasteiger partial charge in [0.05, 0.1) is 17.2 Å². The van der Waals surface area contributed by atoms with E-state index in [-0.39, 0.29) is 0 Å². The Bertz CT molecular complexity index is 732. The van der Waals surface area contributed by atoms with Gasteiger partial charge in [-0.1, -0.05) is 30.7 Å². The molecule has 5 nitrogen and oxygen atoms in total. The molecule has 1 aromatic carbocycles. The number of aryl methyl sites for hydroxylation is 1. The highest BCUT2D eigenvalue weighted by Gasteiger charge is 2.10. The van der Waals surface area contributed by atoms with Gasteiger partial charge in [0.15, 0.2) is 5.96 Å². The summed E-state index contributed by atoms with van der Waals surface area (Å²) in [7, 11) is 0. The summed E-state index contributed by atoms with van der Waals surface area (Å²) in [6, 6.07) is 8.93. The second kappa shape index (κ2) is 11.2. The molecule has 6 heteroatoms. The SMILES string of the molecule is CCNC(=NCc1ccc(CN2CCCCC2)cc1)NCCc1csc(C)n1. The molecule has 0 atom stereocenters. The Morgan fingerprint density at radius 2 is 1.86 bits per heavy atom.